The molecule has 10 heavy (non-hydrogen) atoms. The van der Waals surface area contributed by atoms with Gasteiger partial charge in [0.2, 0.25) is 0 Å². The van der Waals surface area contributed by atoms with E-state index >= 15 is 0 Å². The molecule has 0 aromatic carbocycles. The molecule has 0 saturated heterocycles. The Labute approximate surface area is 61.0 Å². The first-order valence-electron chi connectivity index (χ1n) is 3.80. The summed E-state index contributed by atoms with van der Waals surface area (Å²) in [5, 5.41) is 4.14. The number of nitrogens with zero attached hydrogens (tertiary/aromatic N) is 2. The second kappa shape index (κ2) is 2.45. The van der Waals surface area contributed by atoms with Crippen molar-refractivity contribution in [3.63, 3.8) is 0 Å². The number of rotatable bonds is 0. The van der Waals surface area contributed by atoms with E-state index in [0.29, 0.717) is 12.0 Å². The minimum atomic E-state index is 0.544. The van der Waals surface area contributed by atoms with Crippen LogP contribution in [-0.4, -0.2) is 18.9 Å². The summed E-state index contributed by atoms with van der Waals surface area (Å²) in [6.45, 7) is 0.985. The van der Waals surface area contributed by atoms with Gasteiger partial charge in [0.1, 0.15) is 6.34 Å². The van der Waals surface area contributed by atoms with Crippen molar-refractivity contribution in [2.45, 2.75) is 18.9 Å². The van der Waals surface area contributed by atoms with Crippen LogP contribution in [0.3, 0.4) is 0 Å². The second-order valence-corrected chi connectivity index (χ2v) is 2.90. The zero-order valence-corrected chi connectivity index (χ0v) is 5.90. The molecule has 1 heterocycles. The molecule has 0 aromatic heterocycles. The molecule has 0 saturated carbocycles. The predicted molar refractivity (Wildman–Crippen MR) is 41.1 cm³/mol. The Hall–Kier alpha value is -0.790. The Morgan fingerprint density at radius 1 is 1.20 bits per heavy atom. The zero-order chi connectivity index (χ0) is 6.81. The molecule has 2 heteroatoms. The van der Waals surface area contributed by atoms with Gasteiger partial charge in [-0.3, -0.25) is 10.3 Å². The largest absolute Gasteiger partial charge is 0.274 e. The smallest absolute Gasteiger partial charge is 0.104 e. The lowest BCUT2D eigenvalue weighted by Crippen LogP contribution is -2.32. The molecule has 2 aliphatic rings. The summed E-state index contributed by atoms with van der Waals surface area (Å²) in [7, 11) is 0. The third-order valence-corrected chi connectivity index (χ3v) is 2.21. The summed E-state index contributed by atoms with van der Waals surface area (Å²) in [6.07, 6.45) is 8.49. The first-order chi connectivity index (χ1) is 4.97. The van der Waals surface area contributed by atoms with E-state index in [1.807, 2.05) is 0 Å². The predicted octanol–water partition coefficient (Wildman–Crippen LogP) is 0.967. The lowest BCUT2D eigenvalue weighted by molar-refractivity contribution is 0.392. The van der Waals surface area contributed by atoms with Gasteiger partial charge in [0.05, 0.1) is 6.04 Å². The molecule has 2 unspecified atom stereocenters. The first-order valence-corrected chi connectivity index (χ1v) is 3.80. The fourth-order valence-corrected chi connectivity index (χ4v) is 1.55. The number of hydrogen-bond donors (Lipinski definition) is 0. The first kappa shape index (κ1) is 5.96. The number of fused-ring (bicyclic) bond motifs is 1. The Bertz CT molecular complexity index is 172. The highest BCUT2D eigenvalue weighted by Crippen LogP contribution is 2.22. The highest BCUT2D eigenvalue weighted by atomic mass is 15.0. The van der Waals surface area contributed by atoms with E-state index in [4.69, 9.17) is 0 Å². The van der Waals surface area contributed by atoms with Gasteiger partial charge in [0.15, 0.2) is 0 Å². The van der Waals surface area contributed by atoms with Gasteiger partial charge < -0.3 is 0 Å². The molecule has 1 radical (unpaired) electrons. The molecule has 0 N–H and O–H groups in total. The van der Waals surface area contributed by atoms with Crippen LogP contribution in [0.4, 0.5) is 0 Å². The van der Waals surface area contributed by atoms with Gasteiger partial charge >= 0.3 is 0 Å². The molecule has 2 atom stereocenters. The monoisotopic (exact) mass is 135 g/mol. The molecular formula is C8H11N2. The molecular weight excluding hydrogens is 124 g/mol. The average Bonchev–Trinajstić information content (AvgIpc) is 2.05. The molecule has 0 aromatic rings. The summed E-state index contributed by atoms with van der Waals surface area (Å²) in [4.78, 5) is 4.31. The Morgan fingerprint density at radius 3 is 3.00 bits per heavy atom. The second-order valence-electron chi connectivity index (χ2n) is 2.90. The molecule has 0 fully saturated rings. The molecule has 2 nitrogen and oxygen atoms in total. The van der Waals surface area contributed by atoms with Crippen LogP contribution in [0.2, 0.25) is 0 Å². The summed E-state index contributed by atoms with van der Waals surface area (Å²) in [6, 6.07) is 0.544. The molecule has 0 amide bonds. The van der Waals surface area contributed by atoms with Crippen molar-refractivity contribution in [2.24, 2.45) is 10.9 Å². The van der Waals surface area contributed by atoms with Crippen LogP contribution >= 0.6 is 0 Å². The van der Waals surface area contributed by atoms with Crippen LogP contribution in [0.5, 0.6) is 0 Å². The van der Waals surface area contributed by atoms with E-state index in [9.17, 15) is 0 Å². The maximum absolute atomic E-state index is 4.31. The van der Waals surface area contributed by atoms with Gasteiger partial charge in [-0.2, -0.15) is 0 Å². The molecule has 1 aliphatic heterocycles. The summed E-state index contributed by atoms with van der Waals surface area (Å²) in [5.41, 5.74) is 0. The van der Waals surface area contributed by atoms with Gasteiger partial charge in [-0.05, 0) is 12.8 Å². The number of allylic oxidation sites excluding steroid dienone is 1. The minimum absolute atomic E-state index is 0.544. The summed E-state index contributed by atoms with van der Waals surface area (Å²) >= 11 is 0. The van der Waals surface area contributed by atoms with Crippen LogP contribution < -0.4 is 5.32 Å². The number of hydrogen-bond acceptors (Lipinski definition) is 1. The third kappa shape index (κ3) is 0.939. The fraction of sp³-hybridized carbons (Fsp3) is 0.625. The van der Waals surface area contributed by atoms with Crippen molar-refractivity contribution in [1.29, 1.82) is 0 Å². The van der Waals surface area contributed by atoms with Crippen LogP contribution in [0.1, 0.15) is 12.8 Å². The topological polar surface area (TPSA) is 26.5 Å². The molecule has 2 rings (SSSR count). The Kier molecular flexibility index (Phi) is 1.46. The van der Waals surface area contributed by atoms with Crippen LogP contribution in [0.25, 0.3) is 0 Å². The van der Waals surface area contributed by atoms with Gasteiger partial charge in [-0.25, -0.2) is 0 Å². The van der Waals surface area contributed by atoms with Gasteiger partial charge in [0, 0.05) is 12.5 Å². The van der Waals surface area contributed by atoms with Crippen molar-refractivity contribution in [2.75, 3.05) is 6.54 Å². The van der Waals surface area contributed by atoms with E-state index < -0.39 is 0 Å². The quantitative estimate of drug-likeness (QED) is 0.442. The summed E-state index contributed by atoms with van der Waals surface area (Å²) < 4.78 is 0. The van der Waals surface area contributed by atoms with E-state index in [0.717, 1.165) is 13.0 Å². The lowest BCUT2D eigenvalue weighted by atomic mass is 9.89. The number of aliphatic imine (C=N–C) groups is 1. The molecule has 1 aliphatic carbocycles. The maximum Gasteiger partial charge on any atom is 0.104 e. The van der Waals surface area contributed by atoms with Crippen molar-refractivity contribution < 1.29 is 0 Å². The normalized spacial score (nSPS) is 36.8. The van der Waals surface area contributed by atoms with Crippen molar-refractivity contribution >= 4 is 6.34 Å². The molecule has 53 valence electrons. The minimum Gasteiger partial charge on any atom is -0.274 e. The SMILES string of the molecule is C1=CCC2N=C[N]CC2C1. The van der Waals surface area contributed by atoms with E-state index in [2.05, 4.69) is 22.5 Å². The van der Waals surface area contributed by atoms with Gasteiger partial charge in [0.25, 0.3) is 0 Å². The van der Waals surface area contributed by atoms with Crippen molar-refractivity contribution in [3.05, 3.63) is 12.2 Å². The van der Waals surface area contributed by atoms with Crippen LogP contribution in [0.15, 0.2) is 17.1 Å². The standard InChI is InChI=1S/C8H11N2/c1-2-4-8-7(3-1)5-9-6-10-8/h1-2,6-8H,3-5H2. The maximum atomic E-state index is 4.31. The molecule has 0 bridgehead atoms. The fourth-order valence-electron chi connectivity index (χ4n) is 1.55. The Balaban J connectivity index is 2.12. The van der Waals surface area contributed by atoms with Crippen LogP contribution in [-0.2, 0) is 0 Å². The van der Waals surface area contributed by atoms with Crippen molar-refractivity contribution in [3.8, 4) is 0 Å². The van der Waals surface area contributed by atoms with E-state index in [1.54, 1.807) is 6.34 Å². The van der Waals surface area contributed by atoms with E-state index in [1.165, 1.54) is 6.42 Å². The molecule has 0 spiro atoms. The van der Waals surface area contributed by atoms with Crippen LogP contribution in [0, 0.1) is 5.92 Å². The highest BCUT2D eigenvalue weighted by Gasteiger charge is 2.23. The zero-order valence-electron chi connectivity index (χ0n) is 5.90. The summed E-state index contributed by atoms with van der Waals surface area (Å²) in [5.74, 6) is 0.704. The highest BCUT2D eigenvalue weighted by molar-refractivity contribution is 5.55. The third-order valence-electron chi connectivity index (χ3n) is 2.21. The van der Waals surface area contributed by atoms with Gasteiger partial charge in [-0.15, -0.1) is 0 Å². The lowest BCUT2D eigenvalue weighted by Gasteiger charge is -2.27. The van der Waals surface area contributed by atoms with E-state index in [-0.39, 0.29) is 0 Å². The van der Waals surface area contributed by atoms with Gasteiger partial charge in [-0.1, -0.05) is 12.2 Å². The Morgan fingerprint density at radius 2 is 2.10 bits per heavy atom. The van der Waals surface area contributed by atoms with Crippen molar-refractivity contribution in [1.82, 2.24) is 5.32 Å². The average molecular weight is 135 g/mol.